The molecule has 0 amide bonds. The van der Waals surface area contributed by atoms with Gasteiger partial charge in [-0.1, -0.05) is 36.5 Å². The summed E-state index contributed by atoms with van der Waals surface area (Å²) in [5.74, 6) is 0. The average Bonchev–Trinajstić information content (AvgIpc) is 2.11. The maximum atomic E-state index is 2.18. The van der Waals surface area contributed by atoms with Crippen molar-refractivity contribution in [1.82, 2.24) is 0 Å². The minimum atomic E-state index is 0. The fourth-order valence-electron chi connectivity index (χ4n) is 1.07. The first kappa shape index (κ1) is 7.57. The predicted molar refractivity (Wildman–Crippen MR) is 39.1 cm³/mol. The minimum absolute atomic E-state index is 0. The first-order valence-electron chi connectivity index (χ1n) is 3.21. The summed E-state index contributed by atoms with van der Waals surface area (Å²) in [5, 5.41) is 0. The molecular weight excluding hydrogens is 167 g/mol. The van der Waals surface area contributed by atoms with Crippen LogP contribution in [0.2, 0.25) is 0 Å². The van der Waals surface area contributed by atoms with Crippen LogP contribution in [0.15, 0.2) is 47.6 Å². The molecule has 53 valence electrons. The zero-order chi connectivity index (χ0) is 6.10. The van der Waals surface area contributed by atoms with Crippen LogP contribution in [0, 0.1) is 0 Å². The van der Waals surface area contributed by atoms with Crippen LogP contribution in [-0.2, 0) is 16.8 Å². The van der Waals surface area contributed by atoms with Gasteiger partial charge in [-0.3, -0.25) is 0 Å². The third kappa shape index (κ3) is 1.15. The minimum Gasteiger partial charge on any atom is -0.0801 e. The van der Waals surface area contributed by atoms with Crippen LogP contribution in [0.4, 0.5) is 0 Å². The molecule has 10 heavy (non-hydrogen) atoms. The number of hydrogen-bond acceptors (Lipinski definition) is 0. The Morgan fingerprint density at radius 3 is 2.30 bits per heavy atom. The Morgan fingerprint density at radius 2 is 1.90 bits per heavy atom. The van der Waals surface area contributed by atoms with Gasteiger partial charge >= 0.3 is 0 Å². The van der Waals surface area contributed by atoms with Crippen LogP contribution in [-0.4, -0.2) is 0 Å². The summed E-state index contributed by atoms with van der Waals surface area (Å²) in [6.45, 7) is 0. The van der Waals surface area contributed by atoms with Crippen molar-refractivity contribution in [3.8, 4) is 0 Å². The fourth-order valence-corrected chi connectivity index (χ4v) is 1.07. The van der Waals surface area contributed by atoms with Gasteiger partial charge in [-0.25, -0.2) is 0 Å². The van der Waals surface area contributed by atoms with Gasteiger partial charge in [-0.05, 0) is 17.6 Å². The maximum absolute atomic E-state index is 2.18. The third-order valence-electron chi connectivity index (χ3n) is 1.69. The third-order valence-corrected chi connectivity index (χ3v) is 1.69. The van der Waals surface area contributed by atoms with E-state index in [0.717, 1.165) is 6.42 Å². The van der Waals surface area contributed by atoms with E-state index in [1.54, 1.807) is 0 Å². The van der Waals surface area contributed by atoms with Gasteiger partial charge in [0.05, 0.1) is 0 Å². The Labute approximate surface area is 71.2 Å². The van der Waals surface area contributed by atoms with Gasteiger partial charge in [0, 0.05) is 16.8 Å². The number of allylic oxidation sites excluding steroid dienone is 8. The first-order valence-corrected chi connectivity index (χ1v) is 3.21. The summed E-state index contributed by atoms with van der Waals surface area (Å²) in [7, 11) is 0. The molecule has 0 saturated carbocycles. The molecule has 2 rings (SSSR count). The second-order valence-electron chi connectivity index (χ2n) is 2.31. The molecule has 0 heterocycles. The van der Waals surface area contributed by atoms with Crippen molar-refractivity contribution in [3.63, 3.8) is 0 Å². The van der Waals surface area contributed by atoms with Crippen molar-refractivity contribution in [3.05, 3.63) is 47.6 Å². The normalized spacial score (nSPS) is 19.2. The average molecular weight is 175 g/mol. The molecule has 0 nitrogen and oxygen atoms in total. The Hall–Kier alpha value is -0.534. The van der Waals surface area contributed by atoms with E-state index in [9.17, 15) is 0 Å². The van der Waals surface area contributed by atoms with E-state index in [2.05, 4.69) is 36.5 Å². The van der Waals surface area contributed by atoms with Gasteiger partial charge in [0.2, 0.25) is 0 Å². The van der Waals surface area contributed by atoms with Gasteiger partial charge in [-0.2, -0.15) is 0 Å². The van der Waals surface area contributed by atoms with Gasteiger partial charge in [0.1, 0.15) is 0 Å². The topological polar surface area (TPSA) is 0 Å². The van der Waals surface area contributed by atoms with E-state index < -0.39 is 0 Å². The van der Waals surface area contributed by atoms with Crippen LogP contribution < -0.4 is 0 Å². The fraction of sp³-hybridized carbons (Fsp3) is 0.111. The van der Waals surface area contributed by atoms with E-state index in [4.69, 9.17) is 0 Å². The molecule has 0 aliphatic heterocycles. The number of hydrogen-bond donors (Lipinski definition) is 0. The Balaban J connectivity index is 0.000000500. The molecule has 0 spiro atoms. The molecule has 0 saturated heterocycles. The van der Waals surface area contributed by atoms with Crippen LogP contribution in [0.3, 0.4) is 0 Å². The largest absolute Gasteiger partial charge is 0.0801 e. The second kappa shape index (κ2) is 3.04. The molecule has 1 heteroatoms. The van der Waals surface area contributed by atoms with Crippen LogP contribution in [0.5, 0.6) is 0 Å². The van der Waals surface area contributed by atoms with Gasteiger partial charge < -0.3 is 0 Å². The van der Waals surface area contributed by atoms with Crippen molar-refractivity contribution < 1.29 is 16.8 Å². The summed E-state index contributed by atoms with van der Waals surface area (Å²) in [6, 6.07) is 0. The Kier molecular flexibility index (Phi) is 2.30. The zero-order valence-electron chi connectivity index (χ0n) is 5.50. The first-order chi connectivity index (χ1) is 4.47. The van der Waals surface area contributed by atoms with Crippen molar-refractivity contribution in [2.75, 3.05) is 0 Å². The monoisotopic (exact) mass is 175 g/mol. The molecule has 0 fully saturated rings. The van der Waals surface area contributed by atoms with Crippen molar-refractivity contribution >= 4 is 0 Å². The Morgan fingerprint density at radius 1 is 1.10 bits per heavy atom. The van der Waals surface area contributed by atoms with E-state index in [0.29, 0.717) is 0 Å². The molecule has 1 radical (unpaired) electrons. The van der Waals surface area contributed by atoms with E-state index in [1.165, 1.54) is 11.1 Å². The van der Waals surface area contributed by atoms with Crippen molar-refractivity contribution in [2.45, 2.75) is 6.42 Å². The summed E-state index contributed by atoms with van der Waals surface area (Å²) < 4.78 is 0. The van der Waals surface area contributed by atoms with E-state index >= 15 is 0 Å². The van der Waals surface area contributed by atoms with Crippen LogP contribution in [0.25, 0.3) is 0 Å². The Bertz CT molecular complexity index is 241. The molecule has 0 aromatic carbocycles. The molecule has 0 aromatic rings. The van der Waals surface area contributed by atoms with E-state index in [1.807, 2.05) is 0 Å². The molecular formula is C9H8Co. The molecule has 2 aliphatic rings. The van der Waals surface area contributed by atoms with Gasteiger partial charge in [0.15, 0.2) is 0 Å². The summed E-state index contributed by atoms with van der Waals surface area (Å²) in [4.78, 5) is 0. The molecule has 0 bridgehead atoms. The summed E-state index contributed by atoms with van der Waals surface area (Å²) >= 11 is 0. The molecule has 0 unspecified atom stereocenters. The zero-order valence-corrected chi connectivity index (χ0v) is 6.55. The second-order valence-corrected chi connectivity index (χ2v) is 2.31. The smallest absolute Gasteiger partial charge is 0 e. The number of rotatable bonds is 1. The van der Waals surface area contributed by atoms with Crippen molar-refractivity contribution in [2.24, 2.45) is 0 Å². The van der Waals surface area contributed by atoms with Crippen LogP contribution in [0.1, 0.15) is 6.42 Å². The van der Waals surface area contributed by atoms with Crippen LogP contribution >= 0.6 is 0 Å². The van der Waals surface area contributed by atoms with Crippen molar-refractivity contribution in [1.29, 1.82) is 0 Å². The molecule has 0 N–H and O–H groups in total. The summed E-state index contributed by atoms with van der Waals surface area (Å²) in [5.41, 5.74) is 2.86. The van der Waals surface area contributed by atoms with Gasteiger partial charge in [0.25, 0.3) is 0 Å². The predicted octanol–water partition coefficient (Wildman–Crippen LogP) is 2.37. The maximum Gasteiger partial charge on any atom is 0 e. The SMILES string of the molecule is C1=CCC(C2=CC=C2)=C1.[Co]. The van der Waals surface area contributed by atoms with E-state index in [-0.39, 0.29) is 16.8 Å². The van der Waals surface area contributed by atoms with Gasteiger partial charge in [-0.15, -0.1) is 0 Å². The quantitative estimate of drug-likeness (QED) is 0.573. The molecule has 0 atom stereocenters. The standard InChI is InChI=1S/C9H8.Co/c1-2-5-8(4-1)9-6-3-7-9;/h1-4,6-7H,5H2;. The summed E-state index contributed by atoms with van der Waals surface area (Å²) in [6.07, 6.45) is 14.0. The molecule has 2 aliphatic carbocycles. The molecule has 0 aromatic heterocycles.